The minimum atomic E-state index is -0.568. The number of halogens is 1. The molecule has 1 fully saturated rings. The number of carbonyl (C=O) groups is 1. The predicted molar refractivity (Wildman–Crippen MR) is 88.4 cm³/mol. The summed E-state index contributed by atoms with van der Waals surface area (Å²) in [7, 11) is 0. The summed E-state index contributed by atoms with van der Waals surface area (Å²) in [6.45, 7) is 7.89. The van der Waals surface area contributed by atoms with Crippen LogP contribution in [0.2, 0.25) is 0 Å². The van der Waals surface area contributed by atoms with E-state index in [0.717, 1.165) is 31.5 Å². The minimum Gasteiger partial charge on any atom is -0.388 e. The van der Waals surface area contributed by atoms with Gasteiger partial charge in [-0.15, -0.1) is 0 Å². The SMILES string of the molecule is CC(C)(C)NC(=O)CN1CCC(C(O)c2ccc(F)cc2)CC1. The van der Waals surface area contributed by atoms with Crippen molar-refractivity contribution in [2.45, 2.75) is 45.3 Å². The molecule has 0 aromatic heterocycles. The molecule has 4 nitrogen and oxygen atoms in total. The highest BCUT2D eigenvalue weighted by Gasteiger charge is 2.27. The molecule has 128 valence electrons. The third-order valence-electron chi connectivity index (χ3n) is 4.17. The Bertz CT molecular complexity index is 517. The first-order valence-corrected chi connectivity index (χ1v) is 8.21. The van der Waals surface area contributed by atoms with Crippen LogP contribution in [0.3, 0.4) is 0 Å². The van der Waals surface area contributed by atoms with E-state index in [1.54, 1.807) is 12.1 Å². The van der Waals surface area contributed by atoms with Crippen LogP contribution in [0.5, 0.6) is 0 Å². The average molecular weight is 322 g/mol. The minimum absolute atomic E-state index is 0.0371. The number of hydrogen-bond acceptors (Lipinski definition) is 3. The summed E-state index contributed by atoms with van der Waals surface area (Å²) >= 11 is 0. The molecule has 1 aliphatic rings. The lowest BCUT2D eigenvalue weighted by Gasteiger charge is -2.34. The highest BCUT2D eigenvalue weighted by atomic mass is 19.1. The molecule has 0 aliphatic carbocycles. The number of aliphatic hydroxyl groups is 1. The third kappa shape index (κ3) is 5.59. The van der Waals surface area contributed by atoms with Crippen molar-refractivity contribution < 1.29 is 14.3 Å². The number of likely N-dealkylation sites (tertiary alicyclic amines) is 1. The Balaban J connectivity index is 1.81. The number of aliphatic hydroxyl groups excluding tert-OH is 1. The lowest BCUT2D eigenvalue weighted by Crippen LogP contribution is -2.47. The van der Waals surface area contributed by atoms with Gasteiger partial charge in [0.2, 0.25) is 5.91 Å². The Hall–Kier alpha value is -1.46. The number of benzene rings is 1. The number of nitrogens with zero attached hydrogens (tertiary/aromatic N) is 1. The number of carbonyl (C=O) groups excluding carboxylic acids is 1. The summed E-state index contributed by atoms with van der Waals surface area (Å²) < 4.78 is 13.0. The molecule has 1 aliphatic heterocycles. The second-order valence-corrected chi connectivity index (χ2v) is 7.41. The van der Waals surface area contributed by atoms with E-state index < -0.39 is 6.10 Å². The van der Waals surface area contributed by atoms with Gasteiger partial charge in [0.1, 0.15) is 5.82 Å². The second kappa shape index (κ2) is 7.41. The van der Waals surface area contributed by atoms with Crippen LogP contribution in [-0.2, 0) is 4.79 Å². The normalized spacial score (nSPS) is 18.7. The van der Waals surface area contributed by atoms with Crippen molar-refractivity contribution in [3.63, 3.8) is 0 Å². The van der Waals surface area contributed by atoms with Gasteiger partial charge < -0.3 is 10.4 Å². The molecule has 1 unspecified atom stereocenters. The second-order valence-electron chi connectivity index (χ2n) is 7.41. The van der Waals surface area contributed by atoms with Gasteiger partial charge in [0.15, 0.2) is 0 Å². The van der Waals surface area contributed by atoms with Crippen molar-refractivity contribution in [3.8, 4) is 0 Å². The molecule has 2 rings (SSSR count). The first-order valence-electron chi connectivity index (χ1n) is 8.21. The predicted octanol–water partition coefficient (Wildman–Crippen LogP) is 2.49. The van der Waals surface area contributed by atoms with Gasteiger partial charge in [-0.05, 0) is 70.3 Å². The number of hydrogen-bond donors (Lipinski definition) is 2. The lowest BCUT2D eigenvalue weighted by atomic mass is 9.87. The first kappa shape index (κ1) is 17.9. The largest absolute Gasteiger partial charge is 0.388 e. The molecule has 5 heteroatoms. The van der Waals surface area contributed by atoms with Crippen LogP contribution in [0.25, 0.3) is 0 Å². The Morgan fingerprint density at radius 3 is 2.39 bits per heavy atom. The van der Waals surface area contributed by atoms with Gasteiger partial charge in [0.05, 0.1) is 12.6 Å². The summed E-state index contributed by atoms with van der Waals surface area (Å²) in [5.74, 6) is -0.0990. The van der Waals surface area contributed by atoms with Gasteiger partial charge >= 0.3 is 0 Å². The van der Waals surface area contributed by atoms with Crippen LogP contribution < -0.4 is 5.32 Å². The third-order valence-corrected chi connectivity index (χ3v) is 4.17. The van der Waals surface area contributed by atoms with Crippen LogP contribution in [-0.4, -0.2) is 41.1 Å². The van der Waals surface area contributed by atoms with Gasteiger partial charge in [-0.2, -0.15) is 0 Å². The Labute approximate surface area is 137 Å². The maximum absolute atomic E-state index is 13.0. The Kier molecular flexibility index (Phi) is 5.76. The smallest absolute Gasteiger partial charge is 0.234 e. The summed E-state index contributed by atoms with van der Waals surface area (Å²) in [6, 6.07) is 6.04. The van der Waals surface area contributed by atoms with E-state index in [2.05, 4.69) is 10.2 Å². The highest BCUT2D eigenvalue weighted by Crippen LogP contribution is 2.30. The number of rotatable bonds is 4. The zero-order valence-electron chi connectivity index (χ0n) is 14.2. The Morgan fingerprint density at radius 2 is 1.87 bits per heavy atom. The molecule has 1 heterocycles. The van der Waals surface area contributed by atoms with Crippen molar-refractivity contribution in [2.75, 3.05) is 19.6 Å². The number of amides is 1. The van der Waals surface area contributed by atoms with Crippen molar-refractivity contribution in [1.29, 1.82) is 0 Å². The molecule has 2 N–H and O–H groups in total. The van der Waals surface area contributed by atoms with E-state index in [-0.39, 0.29) is 23.2 Å². The standard InChI is InChI=1S/C18H27FN2O2/c1-18(2,3)20-16(22)12-21-10-8-14(9-11-21)17(23)13-4-6-15(19)7-5-13/h4-7,14,17,23H,8-12H2,1-3H3,(H,20,22). The molecular formula is C18H27FN2O2. The van der Waals surface area contributed by atoms with Crippen LogP contribution in [0.15, 0.2) is 24.3 Å². The average Bonchev–Trinajstić information content (AvgIpc) is 2.46. The van der Waals surface area contributed by atoms with E-state index >= 15 is 0 Å². The molecule has 1 saturated heterocycles. The van der Waals surface area contributed by atoms with E-state index in [4.69, 9.17) is 0 Å². The molecule has 1 aromatic carbocycles. The molecule has 1 amide bonds. The lowest BCUT2D eigenvalue weighted by molar-refractivity contribution is -0.124. The fraction of sp³-hybridized carbons (Fsp3) is 0.611. The molecule has 23 heavy (non-hydrogen) atoms. The summed E-state index contributed by atoms with van der Waals surface area (Å²) in [6.07, 6.45) is 1.10. The van der Waals surface area contributed by atoms with Gasteiger partial charge in [-0.3, -0.25) is 9.69 Å². The molecule has 0 spiro atoms. The highest BCUT2D eigenvalue weighted by molar-refractivity contribution is 5.78. The molecule has 0 radical (unpaired) electrons. The monoisotopic (exact) mass is 322 g/mol. The summed E-state index contributed by atoms with van der Waals surface area (Å²) in [4.78, 5) is 14.1. The molecule has 1 atom stereocenters. The summed E-state index contributed by atoms with van der Waals surface area (Å²) in [5.41, 5.74) is 0.545. The zero-order chi connectivity index (χ0) is 17.0. The quantitative estimate of drug-likeness (QED) is 0.895. The van der Waals surface area contributed by atoms with Crippen LogP contribution >= 0.6 is 0 Å². The number of piperidine rings is 1. The van der Waals surface area contributed by atoms with Gasteiger partial charge in [-0.1, -0.05) is 12.1 Å². The van der Waals surface area contributed by atoms with Crippen LogP contribution in [0, 0.1) is 11.7 Å². The van der Waals surface area contributed by atoms with Gasteiger partial charge in [0.25, 0.3) is 0 Å². The fourth-order valence-corrected chi connectivity index (χ4v) is 3.02. The Morgan fingerprint density at radius 1 is 1.30 bits per heavy atom. The zero-order valence-corrected chi connectivity index (χ0v) is 14.2. The van der Waals surface area contributed by atoms with Crippen molar-refractivity contribution in [2.24, 2.45) is 5.92 Å². The first-order chi connectivity index (χ1) is 10.7. The molecule has 0 saturated carbocycles. The molecular weight excluding hydrogens is 295 g/mol. The van der Waals surface area contributed by atoms with Gasteiger partial charge in [0, 0.05) is 5.54 Å². The summed E-state index contributed by atoms with van der Waals surface area (Å²) in [5, 5.41) is 13.4. The number of nitrogens with one attached hydrogen (secondary N) is 1. The topological polar surface area (TPSA) is 52.6 Å². The van der Waals surface area contributed by atoms with E-state index in [1.165, 1.54) is 12.1 Å². The van der Waals surface area contributed by atoms with Crippen LogP contribution in [0.4, 0.5) is 4.39 Å². The maximum atomic E-state index is 13.0. The van der Waals surface area contributed by atoms with E-state index in [9.17, 15) is 14.3 Å². The van der Waals surface area contributed by atoms with E-state index in [0.29, 0.717) is 6.54 Å². The maximum Gasteiger partial charge on any atom is 0.234 e. The van der Waals surface area contributed by atoms with Crippen molar-refractivity contribution >= 4 is 5.91 Å². The molecule has 1 aromatic rings. The fourth-order valence-electron chi connectivity index (χ4n) is 3.02. The van der Waals surface area contributed by atoms with Crippen molar-refractivity contribution in [3.05, 3.63) is 35.6 Å². The molecule has 0 bridgehead atoms. The van der Waals surface area contributed by atoms with E-state index in [1.807, 2.05) is 20.8 Å². The van der Waals surface area contributed by atoms with Crippen LogP contribution in [0.1, 0.15) is 45.3 Å². The van der Waals surface area contributed by atoms with Crippen molar-refractivity contribution in [1.82, 2.24) is 10.2 Å². The van der Waals surface area contributed by atoms with Gasteiger partial charge in [-0.25, -0.2) is 4.39 Å².